The third-order valence-electron chi connectivity index (χ3n) is 6.90. The number of aliphatic hydroxyl groups excluding tert-OH is 2. The van der Waals surface area contributed by atoms with Crippen LogP contribution in [0.3, 0.4) is 0 Å². The van der Waals surface area contributed by atoms with E-state index < -0.39 is 12.5 Å². The van der Waals surface area contributed by atoms with Crippen molar-refractivity contribution >= 4 is 0 Å². The molecule has 0 aromatic rings. The number of aliphatic hydroxyl groups is 2. The van der Waals surface area contributed by atoms with Gasteiger partial charge in [0, 0.05) is 0 Å². The Morgan fingerprint density at radius 3 is 1.77 bits per heavy atom. The number of hydrogen-bond acceptors (Lipinski definition) is 7. The van der Waals surface area contributed by atoms with Crippen LogP contribution in [0.5, 0.6) is 0 Å². The third kappa shape index (κ3) is 5.44. The number of nitrogens with zero attached hydrogens (tertiary/aromatic N) is 1. The molecule has 164 valence electrons. The first-order chi connectivity index (χ1) is 14.6. The van der Waals surface area contributed by atoms with Gasteiger partial charge in [0.25, 0.3) is 0 Å². The Bertz CT molecular complexity index is 666. The molecule has 0 amide bonds. The molecule has 2 fully saturated rings. The van der Waals surface area contributed by atoms with E-state index in [-0.39, 0.29) is 19.0 Å². The molecule has 7 heteroatoms. The number of fused-ring (bicyclic) bond motifs is 4. The van der Waals surface area contributed by atoms with Gasteiger partial charge in [0.1, 0.15) is 18.3 Å². The summed E-state index contributed by atoms with van der Waals surface area (Å²) >= 11 is 0. The van der Waals surface area contributed by atoms with Crippen molar-refractivity contribution in [1.29, 1.82) is 5.26 Å². The van der Waals surface area contributed by atoms with E-state index in [4.69, 9.17) is 14.7 Å². The lowest BCUT2D eigenvalue weighted by molar-refractivity contribution is -0.00526. The minimum absolute atomic E-state index is 0.117. The van der Waals surface area contributed by atoms with Crippen LogP contribution in [0.15, 0.2) is 36.2 Å². The lowest BCUT2D eigenvalue weighted by Crippen LogP contribution is -2.43. The molecule has 8 atom stereocenters. The van der Waals surface area contributed by atoms with Gasteiger partial charge in [-0.2, -0.15) is 5.26 Å². The van der Waals surface area contributed by atoms with E-state index >= 15 is 0 Å². The fraction of sp³-hybridized carbons (Fsp3) is 0.696. The summed E-state index contributed by atoms with van der Waals surface area (Å²) in [5.41, 5.74) is 0. The maximum absolute atomic E-state index is 10.2. The second-order valence-electron chi connectivity index (χ2n) is 9.16. The van der Waals surface area contributed by atoms with Crippen LogP contribution in [0, 0.1) is 46.8 Å². The van der Waals surface area contributed by atoms with Crippen LogP contribution >= 0.6 is 0 Å². The molecule has 0 heterocycles. The van der Waals surface area contributed by atoms with Crippen molar-refractivity contribution in [2.75, 3.05) is 26.4 Å². The van der Waals surface area contributed by atoms with Gasteiger partial charge in [-0.25, -0.2) is 0 Å². The molecular formula is C23H33N3O4. The standard InChI is InChI=1S/C23H33N3O4/c24-6-5-21(25-22(27)13-29-11-19-9-15-1-3-17(19)7-15)26-23(28)14-30-12-20-10-16-2-4-18(20)8-16/h1-5,15-20,22-23,25-28H,7-14H2. The summed E-state index contributed by atoms with van der Waals surface area (Å²) in [6, 6.07) is 1.91. The van der Waals surface area contributed by atoms with E-state index in [1.54, 1.807) is 0 Å². The van der Waals surface area contributed by atoms with Crippen LogP contribution in [-0.4, -0.2) is 49.1 Å². The van der Waals surface area contributed by atoms with E-state index in [9.17, 15) is 10.2 Å². The molecular weight excluding hydrogens is 382 g/mol. The fourth-order valence-electron chi connectivity index (χ4n) is 5.47. The minimum Gasteiger partial charge on any atom is -0.376 e. The van der Waals surface area contributed by atoms with Crippen molar-refractivity contribution in [2.45, 2.75) is 38.1 Å². The van der Waals surface area contributed by atoms with E-state index in [1.807, 2.05) is 6.07 Å². The average molecular weight is 416 g/mol. The van der Waals surface area contributed by atoms with E-state index in [1.165, 1.54) is 18.9 Å². The fourth-order valence-corrected chi connectivity index (χ4v) is 5.47. The Morgan fingerprint density at radius 1 is 0.900 bits per heavy atom. The highest BCUT2D eigenvalue weighted by Crippen LogP contribution is 2.44. The summed E-state index contributed by atoms with van der Waals surface area (Å²) in [6.45, 7) is 1.49. The number of ether oxygens (including phenoxy) is 2. The molecule has 0 radical (unpaired) electrons. The predicted molar refractivity (Wildman–Crippen MR) is 111 cm³/mol. The molecule has 4 aliphatic carbocycles. The molecule has 30 heavy (non-hydrogen) atoms. The predicted octanol–water partition coefficient (Wildman–Crippen LogP) is 1.62. The largest absolute Gasteiger partial charge is 0.376 e. The number of nitrogens with one attached hydrogen (secondary N) is 2. The SMILES string of the molecule is N#CC=C(NC(O)COCC1CC2C=CC1C2)NC(O)COCC1CC2C=CC1C2. The topological polar surface area (TPSA) is 107 Å². The van der Waals surface area contributed by atoms with Gasteiger partial charge in [-0.3, -0.25) is 0 Å². The molecule has 7 nitrogen and oxygen atoms in total. The van der Waals surface area contributed by atoms with Crippen LogP contribution < -0.4 is 10.6 Å². The highest BCUT2D eigenvalue weighted by atomic mass is 16.5. The summed E-state index contributed by atoms with van der Waals surface area (Å²) in [6.07, 6.45) is 13.2. The molecule has 8 unspecified atom stereocenters. The average Bonchev–Trinajstić information content (AvgIpc) is 3.50. The number of nitriles is 1. The maximum Gasteiger partial charge on any atom is 0.149 e. The van der Waals surface area contributed by atoms with Crippen molar-refractivity contribution in [3.8, 4) is 6.07 Å². The van der Waals surface area contributed by atoms with Crippen molar-refractivity contribution in [3.05, 3.63) is 36.2 Å². The van der Waals surface area contributed by atoms with E-state index in [0.29, 0.717) is 48.7 Å². The van der Waals surface area contributed by atoms with Crippen molar-refractivity contribution < 1.29 is 19.7 Å². The summed E-state index contributed by atoms with van der Waals surface area (Å²) < 4.78 is 11.4. The van der Waals surface area contributed by atoms with Crippen LogP contribution in [0.2, 0.25) is 0 Å². The molecule has 4 rings (SSSR count). The molecule has 0 spiro atoms. The van der Waals surface area contributed by atoms with Gasteiger partial charge in [0.05, 0.1) is 38.6 Å². The first kappa shape index (κ1) is 21.4. The van der Waals surface area contributed by atoms with Gasteiger partial charge in [-0.05, 0) is 61.2 Å². The van der Waals surface area contributed by atoms with Crippen molar-refractivity contribution in [1.82, 2.24) is 10.6 Å². The van der Waals surface area contributed by atoms with Gasteiger partial charge in [0.2, 0.25) is 0 Å². The van der Waals surface area contributed by atoms with Gasteiger partial charge in [-0.15, -0.1) is 0 Å². The lowest BCUT2D eigenvalue weighted by Gasteiger charge is -2.23. The molecule has 0 saturated heterocycles. The number of rotatable bonds is 12. The Hall–Kier alpha value is -1.85. The normalized spacial score (nSPS) is 34.7. The zero-order chi connectivity index (χ0) is 20.9. The molecule has 2 saturated carbocycles. The van der Waals surface area contributed by atoms with Crippen LogP contribution in [0.25, 0.3) is 0 Å². The maximum atomic E-state index is 10.2. The first-order valence-electron chi connectivity index (χ1n) is 11.1. The summed E-state index contributed by atoms with van der Waals surface area (Å²) in [5.74, 6) is 3.93. The van der Waals surface area contributed by atoms with E-state index in [2.05, 4.69) is 34.9 Å². The van der Waals surface area contributed by atoms with Gasteiger partial charge in [0.15, 0.2) is 0 Å². The second-order valence-corrected chi connectivity index (χ2v) is 9.16. The number of hydrogen-bond donors (Lipinski definition) is 4. The first-order valence-corrected chi connectivity index (χ1v) is 11.1. The molecule has 0 aliphatic heterocycles. The number of allylic oxidation sites excluding steroid dienone is 5. The van der Waals surface area contributed by atoms with Gasteiger partial charge >= 0.3 is 0 Å². The Balaban J connectivity index is 1.11. The minimum atomic E-state index is -0.972. The third-order valence-corrected chi connectivity index (χ3v) is 6.90. The summed E-state index contributed by atoms with van der Waals surface area (Å²) in [4.78, 5) is 0. The highest BCUT2D eigenvalue weighted by Gasteiger charge is 2.36. The quantitative estimate of drug-likeness (QED) is 0.218. The monoisotopic (exact) mass is 415 g/mol. The molecule has 0 aromatic heterocycles. The van der Waals surface area contributed by atoms with Crippen LogP contribution in [0.1, 0.15) is 25.7 Å². The second kappa shape index (κ2) is 9.97. The zero-order valence-corrected chi connectivity index (χ0v) is 17.3. The van der Waals surface area contributed by atoms with Crippen molar-refractivity contribution in [2.24, 2.45) is 35.5 Å². The Morgan fingerprint density at radius 2 is 1.40 bits per heavy atom. The highest BCUT2D eigenvalue weighted by molar-refractivity contribution is 5.12. The van der Waals surface area contributed by atoms with Crippen LogP contribution in [-0.2, 0) is 9.47 Å². The summed E-state index contributed by atoms with van der Waals surface area (Å²) in [5, 5.41) is 34.9. The summed E-state index contributed by atoms with van der Waals surface area (Å²) in [7, 11) is 0. The smallest absolute Gasteiger partial charge is 0.149 e. The Kier molecular flexibility index (Phi) is 7.11. The van der Waals surface area contributed by atoms with Gasteiger partial charge in [-0.1, -0.05) is 24.3 Å². The Labute approximate surface area is 178 Å². The van der Waals surface area contributed by atoms with Gasteiger partial charge < -0.3 is 30.3 Å². The van der Waals surface area contributed by atoms with Crippen LogP contribution in [0.4, 0.5) is 0 Å². The zero-order valence-electron chi connectivity index (χ0n) is 17.3. The lowest BCUT2D eigenvalue weighted by atomic mass is 9.95. The molecule has 4 aliphatic rings. The van der Waals surface area contributed by atoms with E-state index in [0.717, 1.165) is 12.8 Å². The molecule has 4 bridgehead atoms. The molecule has 0 aromatic carbocycles. The van der Waals surface area contributed by atoms with Crippen molar-refractivity contribution in [3.63, 3.8) is 0 Å². The molecule has 4 N–H and O–H groups in total.